The van der Waals surface area contributed by atoms with E-state index in [0.717, 1.165) is 30.6 Å². The predicted molar refractivity (Wildman–Crippen MR) is 135 cm³/mol. The van der Waals surface area contributed by atoms with Crippen LogP contribution in [-0.2, 0) is 6.42 Å². The summed E-state index contributed by atoms with van der Waals surface area (Å²) in [5.74, 6) is 0.925. The molecular weight excluding hydrogens is 437 g/mol. The van der Waals surface area contributed by atoms with Gasteiger partial charge >= 0.3 is 0 Å². The Kier molecular flexibility index (Phi) is 11.6. The van der Waals surface area contributed by atoms with Crippen LogP contribution in [0, 0.1) is 29.4 Å². The lowest BCUT2D eigenvalue weighted by atomic mass is 9.73. The Morgan fingerprint density at radius 2 is 1.55 bits per heavy atom. The molecule has 2 fully saturated rings. The topological polar surface area (TPSA) is 9.23 Å². The molecule has 0 radical (unpaired) electrons. The molecule has 0 bridgehead atoms. The fourth-order valence-electron chi connectivity index (χ4n) is 6.38. The second kappa shape index (κ2) is 14.4. The number of rotatable bonds is 13. The zero-order valence-corrected chi connectivity index (χ0v) is 21.9. The van der Waals surface area contributed by atoms with Crippen molar-refractivity contribution in [2.45, 2.75) is 109 Å². The van der Waals surface area contributed by atoms with Crippen LogP contribution in [0.2, 0.25) is 18.1 Å². The summed E-state index contributed by atoms with van der Waals surface area (Å²) in [7, 11) is -0.392. The zero-order valence-electron chi connectivity index (χ0n) is 20.7. The molecule has 0 unspecified atom stereocenters. The highest BCUT2D eigenvalue weighted by atomic mass is 28.3. The second-order valence-corrected chi connectivity index (χ2v) is 14.2. The van der Waals surface area contributed by atoms with E-state index in [1.54, 1.807) is 18.1 Å². The third kappa shape index (κ3) is 8.63. The van der Waals surface area contributed by atoms with Crippen molar-refractivity contribution >= 4 is 8.80 Å². The van der Waals surface area contributed by atoms with Gasteiger partial charge in [0.05, 0.1) is 0 Å². The summed E-state index contributed by atoms with van der Waals surface area (Å²) < 4.78 is 45.1. The van der Waals surface area contributed by atoms with Crippen LogP contribution in [-0.4, -0.2) is 22.1 Å². The highest BCUT2D eigenvalue weighted by Crippen LogP contribution is 2.42. The molecule has 1 nitrogen and oxygen atoms in total. The SMILES string of the molecule is CCCCC[SiH]1CCC([C@H]2CC[C@H](CCCCc3cc(F)c(OCCF)c(F)c3)CC2)CC1. The van der Waals surface area contributed by atoms with Gasteiger partial charge in [0.2, 0.25) is 0 Å². The zero-order chi connectivity index (χ0) is 23.5. The number of aryl methyl sites for hydroxylation is 1. The van der Waals surface area contributed by atoms with Crippen LogP contribution in [0.15, 0.2) is 12.1 Å². The average Bonchev–Trinajstić information content (AvgIpc) is 2.82. The van der Waals surface area contributed by atoms with Gasteiger partial charge in [0, 0.05) is 8.80 Å². The van der Waals surface area contributed by atoms with E-state index in [2.05, 4.69) is 6.92 Å². The van der Waals surface area contributed by atoms with Gasteiger partial charge < -0.3 is 4.74 Å². The molecule has 1 saturated heterocycles. The number of halogens is 3. The number of benzene rings is 1. The molecule has 1 heterocycles. The molecule has 33 heavy (non-hydrogen) atoms. The van der Waals surface area contributed by atoms with Crippen LogP contribution in [0.3, 0.4) is 0 Å². The van der Waals surface area contributed by atoms with Gasteiger partial charge in [0.1, 0.15) is 13.3 Å². The van der Waals surface area contributed by atoms with Crippen molar-refractivity contribution in [2.75, 3.05) is 13.3 Å². The van der Waals surface area contributed by atoms with Gasteiger partial charge in [-0.15, -0.1) is 0 Å². The lowest BCUT2D eigenvalue weighted by Gasteiger charge is -2.37. The summed E-state index contributed by atoms with van der Waals surface area (Å²) in [4.78, 5) is 0. The molecule has 1 aromatic rings. The molecule has 1 aliphatic carbocycles. The third-order valence-electron chi connectivity index (χ3n) is 8.37. The standard InChI is InChI=1S/C28H45F3OSi/c1-2-3-6-17-33-18-13-25(14-19-33)24-11-9-22(10-12-24)7-4-5-8-23-20-26(30)28(27(31)21-23)32-16-15-29/h20-22,24-25,33H,2-19H2,1H3/t22-,24-,25?,33?. The minimum absolute atomic E-state index is 0.322. The highest BCUT2D eigenvalue weighted by molar-refractivity contribution is 6.58. The lowest BCUT2D eigenvalue weighted by molar-refractivity contribution is 0.184. The summed E-state index contributed by atoms with van der Waals surface area (Å²) in [6.45, 7) is 1.23. The Hall–Kier alpha value is -0.973. The maximum atomic E-state index is 14.0. The molecule has 0 amide bonds. The molecule has 5 heteroatoms. The van der Waals surface area contributed by atoms with E-state index in [1.807, 2.05) is 0 Å². The quantitative estimate of drug-likeness (QED) is 0.202. The van der Waals surface area contributed by atoms with Crippen LogP contribution in [0.1, 0.15) is 89.5 Å². The van der Waals surface area contributed by atoms with Crippen molar-refractivity contribution in [3.8, 4) is 5.75 Å². The summed E-state index contributed by atoms with van der Waals surface area (Å²) in [6.07, 6.45) is 16.9. The smallest absolute Gasteiger partial charge is 0.190 e. The molecule has 1 saturated carbocycles. The second-order valence-electron chi connectivity index (χ2n) is 10.7. The minimum Gasteiger partial charge on any atom is -0.485 e. The molecule has 0 N–H and O–H groups in total. The number of hydrogen-bond donors (Lipinski definition) is 0. The first-order valence-electron chi connectivity index (χ1n) is 13.8. The van der Waals surface area contributed by atoms with E-state index in [-0.39, 0.29) is 6.61 Å². The van der Waals surface area contributed by atoms with Crippen molar-refractivity contribution in [3.05, 3.63) is 29.3 Å². The highest BCUT2D eigenvalue weighted by Gasteiger charge is 2.30. The molecule has 2 aliphatic rings. The Bertz CT molecular complexity index is 659. The van der Waals surface area contributed by atoms with Crippen molar-refractivity contribution in [1.29, 1.82) is 0 Å². The Balaban J connectivity index is 1.29. The van der Waals surface area contributed by atoms with Gasteiger partial charge in [-0.25, -0.2) is 13.2 Å². The summed E-state index contributed by atoms with van der Waals surface area (Å²) >= 11 is 0. The van der Waals surface area contributed by atoms with Crippen molar-refractivity contribution in [1.82, 2.24) is 0 Å². The first-order chi connectivity index (χ1) is 16.1. The van der Waals surface area contributed by atoms with Gasteiger partial charge in [-0.2, -0.15) is 0 Å². The normalized spacial score (nSPS) is 25.8. The first kappa shape index (κ1) is 26.6. The van der Waals surface area contributed by atoms with Gasteiger partial charge in [0.15, 0.2) is 17.4 Å². The predicted octanol–water partition coefficient (Wildman–Crippen LogP) is 8.66. The fourth-order valence-corrected chi connectivity index (χ4v) is 9.91. The summed E-state index contributed by atoms with van der Waals surface area (Å²) in [5, 5.41) is 0. The van der Waals surface area contributed by atoms with Crippen LogP contribution in [0.4, 0.5) is 13.2 Å². The van der Waals surface area contributed by atoms with E-state index < -0.39 is 32.9 Å². The van der Waals surface area contributed by atoms with Crippen LogP contribution >= 0.6 is 0 Å². The molecule has 188 valence electrons. The number of hydrogen-bond acceptors (Lipinski definition) is 1. The largest absolute Gasteiger partial charge is 0.485 e. The van der Waals surface area contributed by atoms with Gasteiger partial charge in [-0.05, 0) is 61.1 Å². The van der Waals surface area contributed by atoms with E-state index in [4.69, 9.17) is 4.74 Å². The summed E-state index contributed by atoms with van der Waals surface area (Å²) in [6, 6.07) is 7.49. The molecule has 1 aliphatic heterocycles. The minimum atomic E-state index is -0.760. The number of ether oxygens (including phenoxy) is 1. The van der Waals surface area contributed by atoms with Gasteiger partial charge in [-0.1, -0.05) is 82.8 Å². The van der Waals surface area contributed by atoms with Crippen LogP contribution in [0.25, 0.3) is 0 Å². The lowest BCUT2D eigenvalue weighted by Crippen LogP contribution is -2.28. The van der Waals surface area contributed by atoms with Crippen LogP contribution < -0.4 is 4.74 Å². The van der Waals surface area contributed by atoms with Gasteiger partial charge in [-0.3, -0.25) is 0 Å². The molecule has 0 aromatic heterocycles. The maximum Gasteiger partial charge on any atom is 0.190 e. The molecular formula is C28H45F3OSi. The van der Waals surface area contributed by atoms with Gasteiger partial charge in [0.25, 0.3) is 0 Å². The number of unbranched alkanes of at least 4 members (excludes halogenated alkanes) is 3. The van der Waals surface area contributed by atoms with Crippen LogP contribution in [0.5, 0.6) is 5.75 Å². The van der Waals surface area contributed by atoms with Crippen molar-refractivity contribution < 1.29 is 17.9 Å². The van der Waals surface area contributed by atoms with E-state index >= 15 is 0 Å². The Morgan fingerprint density at radius 3 is 2.18 bits per heavy atom. The van der Waals surface area contributed by atoms with Crippen molar-refractivity contribution in [3.63, 3.8) is 0 Å². The monoisotopic (exact) mass is 482 g/mol. The van der Waals surface area contributed by atoms with Crippen molar-refractivity contribution in [2.24, 2.45) is 17.8 Å². The third-order valence-corrected chi connectivity index (χ3v) is 11.9. The summed E-state index contributed by atoms with van der Waals surface area (Å²) in [5.41, 5.74) is 0.662. The van der Waals surface area contributed by atoms with E-state index in [9.17, 15) is 13.2 Å². The number of alkyl halides is 1. The Labute approximate surface area is 201 Å². The fraction of sp³-hybridized carbons (Fsp3) is 0.786. The molecule has 0 spiro atoms. The molecule has 1 aromatic carbocycles. The van der Waals surface area contributed by atoms with E-state index in [1.165, 1.54) is 76.3 Å². The first-order valence-corrected chi connectivity index (χ1v) is 16.2. The maximum absolute atomic E-state index is 14.0. The average molecular weight is 483 g/mol. The molecule has 0 atom stereocenters. The molecule has 3 rings (SSSR count). The van der Waals surface area contributed by atoms with E-state index in [0.29, 0.717) is 12.0 Å². The Morgan fingerprint density at radius 1 is 0.879 bits per heavy atom.